The van der Waals surface area contributed by atoms with Gasteiger partial charge in [-0.2, -0.15) is 5.26 Å². The predicted molar refractivity (Wildman–Crippen MR) is 165 cm³/mol. The summed E-state index contributed by atoms with van der Waals surface area (Å²) in [6.45, 7) is 0.263. The monoisotopic (exact) mass is 677 g/mol. The first-order valence-electron chi connectivity index (χ1n) is 13.4. The fourth-order valence-corrected chi connectivity index (χ4v) is 5.65. The second-order valence-electron chi connectivity index (χ2n) is 9.75. The number of ether oxygens (including phenoxy) is 1. The number of fused-ring (bicyclic) bond motifs is 1. The molecule has 8 nitrogen and oxygen atoms in total. The van der Waals surface area contributed by atoms with Crippen LogP contribution in [0.15, 0.2) is 72.1 Å². The second-order valence-corrected chi connectivity index (χ2v) is 11.0. The molecule has 0 saturated carbocycles. The summed E-state index contributed by atoms with van der Waals surface area (Å²) in [4.78, 5) is 13.6. The van der Waals surface area contributed by atoms with Crippen molar-refractivity contribution in [1.82, 2.24) is 15.0 Å². The minimum atomic E-state index is -0.562. The molecule has 0 fully saturated rings. The number of hydrogen-bond donors (Lipinski definition) is 2. The lowest BCUT2D eigenvalue weighted by molar-refractivity contribution is 0.436. The largest absolute Gasteiger partial charge is 0.454 e. The maximum atomic E-state index is 15.3. The van der Waals surface area contributed by atoms with Crippen molar-refractivity contribution in [1.29, 1.82) is 5.26 Å². The number of aromatic amines is 2. The first-order chi connectivity index (χ1) is 20.5. The summed E-state index contributed by atoms with van der Waals surface area (Å²) in [6, 6.07) is 17.7. The van der Waals surface area contributed by atoms with Crippen LogP contribution in [0.4, 0.5) is 8.78 Å². The van der Waals surface area contributed by atoms with Gasteiger partial charge in [-0.1, -0.05) is 17.2 Å². The number of imidazole rings is 1. The Morgan fingerprint density at radius 1 is 1.12 bits per heavy atom. The third-order valence-corrected chi connectivity index (χ3v) is 7.70. The Morgan fingerprint density at radius 3 is 2.81 bits per heavy atom. The third kappa shape index (κ3) is 6.56. The fourth-order valence-electron chi connectivity index (χ4n) is 5.08. The molecule has 0 radical (unpaired) electrons. The van der Waals surface area contributed by atoms with E-state index in [1.165, 1.54) is 24.3 Å². The van der Waals surface area contributed by atoms with Crippen molar-refractivity contribution in [2.24, 2.45) is 5.11 Å². The number of nitrogens with zero attached hydrogens (tertiary/aromatic N) is 5. The van der Waals surface area contributed by atoms with E-state index in [0.717, 1.165) is 26.6 Å². The first-order valence-corrected chi connectivity index (χ1v) is 14.5. The van der Waals surface area contributed by atoms with E-state index in [0.29, 0.717) is 42.6 Å². The number of benzene rings is 3. The quantitative estimate of drug-likeness (QED) is 0.0449. The summed E-state index contributed by atoms with van der Waals surface area (Å²) in [5.74, 6) is -0.510. The van der Waals surface area contributed by atoms with Gasteiger partial charge in [-0.15, -0.1) is 0 Å². The van der Waals surface area contributed by atoms with Crippen molar-refractivity contribution in [3.05, 3.63) is 109 Å². The summed E-state index contributed by atoms with van der Waals surface area (Å²) >= 11 is 2.27. The SMILES string of the molecule is N#CCCCC(c1cccc(I)c1)c1cnc(-c2cc(Oc3c(F)cc4[nH]ccc4c3CCCN=[N+]=[N-])ccc2F)[nH]1. The van der Waals surface area contributed by atoms with Gasteiger partial charge in [0.1, 0.15) is 17.4 Å². The van der Waals surface area contributed by atoms with Crippen molar-refractivity contribution >= 4 is 33.5 Å². The third-order valence-electron chi connectivity index (χ3n) is 7.03. The summed E-state index contributed by atoms with van der Waals surface area (Å²) in [7, 11) is 0. The molecule has 0 saturated heterocycles. The van der Waals surface area contributed by atoms with Crippen LogP contribution in [0.5, 0.6) is 11.5 Å². The van der Waals surface area contributed by atoms with Gasteiger partial charge in [-0.25, -0.2) is 13.8 Å². The van der Waals surface area contributed by atoms with E-state index >= 15 is 8.78 Å². The van der Waals surface area contributed by atoms with Crippen LogP contribution in [0.2, 0.25) is 0 Å². The second kappa shape index (κ2) is 13.5. The molecule has 1 unspecified atom stereocenters. The highest BCUT2D eigenvalue weighted by Crippen LogP contribution is 2.37. The van der Waals surface area contributed by atoms with E-state index < -0.39 is 11.6 Å². The average molecular weight is 677 g/mol. The number of nitrogens with one attached hydrogen (secondary N) is 2. The van der Waals surface area contributed by atoms with E-state index in [4.69, 9.17) is 15.5 Å². The van der Waals surface area contributed by atoms with Crippen LogP contribution in [0.25, 0.3) is 32.7 Å². The van der Waals surface area contributed by atoms with E-state index in [9.17, 15) is 0 Å². The van der Waals surface area contributed by atoms with E-state index in [1.54, 1.807) is 12.4 Å². The lowest BCUT2D eigenvalue weighted by Gasteiger charge is -2.16. The summed E-state index contributed by atoms with van der Waals surface area (Å²) < 4.78 is 37.6. The zero-order valence-electron chi connectivity index (χ0n) is 22.4. The standard InChI is InChI=1S/C31H26F2IN7O/c32-26-10-9-21(42-30-24(8-4-13-39-41-36)23-11-14-37-28(23)17-27(30)33)16-25(26)31-38-18-29(40-31)22(7-1-2-12-35)19-5-3-6-20(34)15-19/h3,5-6,9-11,14-18,22,37H,1-2,4,7-8,13H2,(H,38,40). The number of rotatable bonds is 12. The topological polar surface area (TPSA) is 126 Å². The molecule has 0 bridgehead atoms. The van der Waals surface area contributed by atoms with Crippen LogP contribution < -0.4 is 4.74 Å². The van der Waals surface area contributed by atoms with E-state index in [1.807, 2.05) is 24.3 Å². The minimum Gasteiger partial charge on any atom is -0.454 e. The highest BCUT2D eigenvalue weighted by Gasteiger charge is 2.21. The lowest BCUT2D eigenvalue weighted by atomic mass is 9.91. The van der Waals surface area contributed by atoms with Gasteiger partial charge in [-0.05, 0) is 95.8 Å². The molecule has 42 heavy (non-hydrogen) atoms. The Hall–Kier alpha value is -4.40. The molecule has 5 aromatic rings. The molecule has 11 heteroatoms. The molecule has 2 N–H and O–H groups in total. The van der Waals surface area contributed by atoms with Crippen LogP contribution in [0.3, 0.4) is 0 Å². The molecule has 0 amide bonds. The van der Waals surface area contributed by atoms with Gasteiger partial charge < -0.3 is 14.7 Å². The number of azide groups is 1. The number of unbranched alkanes of at least 4 members (excludes halogenated alkanes) is 1. The fraction of sp³-hybridized carbons (Fsp3) is 0.226. The first kappa shape index (κ1) is 29.1. The normalized spacial score (nSPS) is 11.7. The summed E-state index contributed by atoms with van der Waals surface area (Å²) in [5, 5.41) is 13.4. The number of nitriles is 1. The van der Waals surface area contributed by atoms with Crippen LogP contribution >= 0.6 is 22.6 Å². The van der Waals surface area contributed by atoms with Gasteiger partial charge in [0.15, 0.2) is 11.6 Å². The van der Waals surface area contributed by atoms with Gasteiger partial charge in [0, 0.05) is 68.0 Å². The molecular formula is C31H26F2IN7O. The van der Waals surface area contributed by atoms with Gasteiger partial charge in [-0.3, -0.25) is 0 Å². The average Bonchev–Trinajstić information content (AvgIpc) is 3.66. The Balaban J connectivity index is 1.46. The minimum absolute atomic E-state index is 0.0389. The molecule has 1 atom stereocenters. The Bertz CT molecular complexity index is 1800. The summed E-state index contributed by atoms with van der Waals surface area (Å²) in [6.07, 6.45) is 6.21. The van der Waals surface area contributed by atoms with Crippen molar-refractivity contribution in [2.75, 3.05) is 6.54 Å². The Morgan fingerprint density at radius 2 is 2.00 bits per heavy atom. The highest BCUT2D eigenvalue weighted by atomic mass is 127. The van der Waals surface area contributed by atoms with Gasteiger partial charge in [0.05, 0.1) is 11.6 Å². The Labute approximate surface area is 254 Å². The Kier molecular flexibility index (Phi) is 9.36. The molecule has 212 valence electrons. The maximum absolute atomic E-state index is 15.3. The number of H-pyrrole nitrogens is 2. The molecule has 2 heterocycles. The number of aryl methyl sites for hydroxylation is 1. The van der Waals surface area contributed by atoms with Crippen molar-refractivity contribution in [3.8, 4) is 29.0 Å². The predicted octanol–water partition coefficient (Wildman–Crippen LogP) is 9.30. The zero-order valence-corrected chi connectivity index (χ0v) is 24.6. The van der Waals surface area contributed by atoms with Crippen LogP contribution in [0.1, 0.15) is 48.4 Å². The lowest BCUT2D eigenvalue weighted by Crippen LogP contribution is -2.02. The zero-order chi connectivity index (χ0) is 29.5. The molecule has 0 aliphatic heterocycles. The van der Waals surface area contributed by atoms with Crippen molar-refractivity contribution in [2.45, 2.75) is 38.0 Å². The van der Waals surface area contributed by atoms with Crippen LogP contribution in [-0.4, -0.2) is 21.5 Å². The maximum Gasteiger partial charge on any atom is 0.168 e. The molecule has 5 rings (SSSR count). The molecule has 2 aromatic heterocycles. The highest BCUT2D eigenvalue weighted by molar-refractivity contribution is 14.1. The molecule has 0 spiro atoms. The van der Waals surface area contributed by atoms with Crippen LogP contribution in [-0.2, 0) is 6.42 Å². The van der Waals surface area contributed by atoms with Crippen molar-refractivity contribution < 1.29 is 13.5 Å². The number of hydrogen-bond acceptors (Lipinski definition) is 4. The summed E-state index contributed by atoms with van der Waals surface area (Å²) in [5.41, 5.74) is 11.9. The molecular weight excluding hydrogens is 651 g/mol. The molecule has 0 aliphatic carbocycles. The number of halogens is 3. The number of aromatic nitrogens is 3. The van der Waals surface area contributed by atoms with Gasteiger partial charge in [0.2, 0.25) is 0 Å². The molecule has 3 aromatic carbocycles. The van der Waals surface area contributed by atoms with E-state index in [-0.39, 0.29) is 29.5 Å². The van der Waals surface area contributed by atoms with Gasteiger partial charge >= 0.3 is 0 Å². The smallest absolute Gasteiger partial charge is 0.168 e. The van der Waals surface area contributed by atoms with Crippen LogP contribution in [0, 0.1) is 26.5 Å². The van der Waals surface area contributed by atoms with Gasteiger partial charge in [0.25, 0.3) is 0 Å². The molecule has 0 aliphatic rings. The van der Waals surface area contributed by atoms with E-state index in [2.05, 4.69) is 59.7 Å². The van der Waals surface area contributed by atoms with Crippen molar-refractivity contribution in [3.63, 3.8) is 0 Å².